The predicted molar refractivity (Wildman–Crippen MR) is 110 cm³/mol. The molecule has 0 unspecified atom stereocenters. The van der Waals surface area contributed by atoms with Crippen LogP contribution in [0.15, 0.2) is 33.5 Å². The zero-order chi connectivity index (χ0) is 21.6. The molecule has 7 heteroatoms. The Morgan fingerprint density at radius 3 is 2.33 bits per heavy atom. The summed E-state index contributed by atoms with van der Waals surface area (Å²) in [6.45, 7) is 3.60. The molecule has 30 heavy (non-hydrogen) atoms. The highest BCUT2D eigenvalue weighted by molar-refractivity contribution is 6.07. The maximum Gasteiger partial charge on any atom is 0.336 e. The van der Waals surface area contributed by atoms with Gasteiger partial charge in [0.25, 0.3) is 0 Å². The van der Waals surface area contributed by atoms with Crippen LogP contribution in [0.4, 0.5) is 0 Å². The van der Waals surface area contributed by atoms with Crippen LogP contribution in [0.1, 0.15) is 39.6 Å². The lowest BCUT2D eigenvalue weighted by atomic mass is 9.90. The maximum absolute atomic E-state index is 13.1. The first-order chi connectivity index (χ1) is 14.4. The second kappa shape index (κ2) is 7.40. The van der Waals surface area contributed by atoms with E-state index in [0.29, 0.717) is 56.2 Å². The lowest BCUT2D eigenvalue weighted by molar-refractivity contribution is 0.0848. The highest BCUT2D eigenvalue weighted by Gasteiger charge is 2.34. The number of carbonyl (C=O) groups is 1. The van der Waals surface area contributed by atoms with E-state index in [1.54, 1.807) is 39.2 Å². The van der Waals surface area contributed by atoms with Crippen LogP contribution in [-0.2, 0) is 0 Å². The van der Waals surface area contributed by atoms with Gasteiger partial charge in [0.05, 0.1) is 38.7 Å². The van der Waals surface area contributed by atoms with Gasteiger partial charge in [0.1, 0.15) is 17.4 Å². The van der Waals surface area contributed by atoms with Gasteiger partial charge in [-0.25, -0.2) is 4.79 Å². The molecule has 4 rings (SSSR count). The first-order valence-corrected chi connectivity index (χ1v) is 9.46. The number of rotatable bonds is 4. The Balaban J connectivity index is 1.93. The van der Waals surface area contributed by atoms with E-state index < -0.39 is 11.7 Å². The number of aryl methyl sites for hydroxylation is 2. The maximum atomic E-state index is 13.1. The second-order valence-corrected chi connectivity index (χ2v) is 7.18. The highest BCUT2D eigenvalue weighted by Crippen LogP contribution is 2.48. The molecule has 0 saturated carbocycles. The summed E-state index contributed by atoms with van der Waals surface area (Å²) < 4.78 is 28.1. The third-order valence-electron chi connectivity index (χ3n) is 5.37. The van der Waals surface area contributed by atoms with Crippen LogP contribution >= 0.6 is 0 Å². The zero-order valence-electron chi connectivity index (χ0n) is 17.5. The lowest BCUT2D eigenvalue weighted by Gasteiger charge is -2.29. The van der Waals surface area contributed by atoms with Crippen molar-refractivity contribution in [2.24, 2.45) is 0 Å². The molecule has 0 amide bonds. The van der Waals surface area contributed by atoms with Crippen LogP contribution in [0.25, 0.3) is 11.0 Å². The molecule has 1 aromatic heterocycles. The Bertz CT molecular complexity index is 1220. The van der Waals surface area contributed by atoms with E-state index in [-0.39, 0.29) is 12.2 Å². The van der Waals surface area contributed by atoms with Gasteiger partial charge in [-0.15, -0.1) is 0 Å². The Morgan fingerprint density at radius 2 is 1.67 bits per heavy atom. The van der Waals surface area contributed by atoms with E-state index in [9.17, 15) is 9.59 Å². The molecule has 1 aliphatic rings. The Hall–Kier alpha value is -3.48. The van der Waals surface area contributed by atoms with Crippen molar-refractivity contribution in [3.63, 3.8) is 0 Å². The number of carbonyl (C=O) groups excluding carboxylic acids is 1. The van der Waals surface area contributed by atoms with Crippen LogP contribution in [0, 0.1) is 13.8 Å². The van der Waals surface area contributed by atoms with E-state index in [1.165, 1.54) is 20.3 Å². The Morgan fingerprint density at radius 1 is 0.933 bits per heavy atom. The molecule has 0 aliphatic carbocycles. The normalized spacial score (nSPS) is 15.5. The van der Waals surface area contributed by atoms with Crippen molar-refractivity contribution in [2.75, 3.05) is 21.3 Å². The molecule has 156 valence electrons. The molecule has 7 nitrogen and oxygen atoms in total. The summed E-state index contributed by atoms with van der Waals surface area (Å²) in [5, 5.41) is 0.618. The van der Waals surface area contributed by atoms with Crippen molar-refractivity contribution in [1.29, 1.82) is 0 Å². The molecular weight excluding hydrogens is 388 g/mol. The fraction of sp³-hybridized carbons (Fsp3) is 0.304. The summed E-state index contributed by atoms with van der Waals surface area (Å²) >= 11 is 0. The van der Waals surface area contributed by atoms with Crippen molar-refractivity contribution in [3.8, 4) is 23.0 Å². The molecule has 1 atom stereocenters. The smallest absolute Gasteiger partial charge is 0.336 e. The first-order valence-electron chi connectivity index (χ1n) is 9.46. The number of Topliss-reactive ketones (excluding diaryl/α,β-unsaturated/α-hetero) is 1. The molecule has 1 aliphatic heterocycles. The largest absolute Gasteiger partial charge is 0.493 e. The number of fused-ring (bicyclic) bond motifs is 3. The molecule has 3 aromatic rings. The molecule has 0 bridgehead atoms. The third kappa shape index (κ3) is 2.98. The zero-order valence-corrected chi connectivity index (χ0v) is 17.5. The second-order valence-electron chi connectivity index (χ2n) is 7.18. The molecule has 0 saturated heterocycles. The van der Waals surface area contributed by atoms with E-state index in [1.807, 2.05) is 0 Å². The van der Waals surface area contributed by atoms with Gasteiger partial charge in [0.2, 0.25) is 5.75 Å². The van der Waals surface area contributed by atoms with E-state index in [0.717, 1.165) is 0 Å². The molecule has 0 fully saturated rings. The van der Waals surface area contributed by atoms with E-state index >= 15 is 0 Å². The summed E-state index contributed by atoms with van der Waals surface area (Å²) in [6.07, 6.45) is -0.461. The first kappa shape index (κ1) is 19.8. The van der Waals surface area contributed by atoms with Crippen LogP contribution in [-0.4, -0.2) is 27.1 Å². The predicted octanol–water partition coefficient (Wildman–Crippen LogP) is 4.14. The van der Waals surface area contributed by atoms with E-state index in [4.69, 9.17) is 23.4 Å². The van der Waals surface area contributed by atoms with Crippen LogP contribution in [0.3, 0.4) is 0 Å². The fourth-order valence-electron chi connectivity index (χ4n) is 4.07. The standard InChI is InChI=1S/C23H22O7/c1-11-8-17-20(12(2)9-18(25)29-17)23-19(11)14(24)10-16(30-23)13-6-7-15(26-3)22(28-5)21(13)27-4/h6-9,16H,10H2,1-5H3/t16-/m0/s1. The van der Waals surface area contributed by atoms with Gasteiger partial charge in [-0.3, -0.25) is 4.79 Å². The van der Waals surface area contributed by atoms with Crippen LogP contribution in [0.5, 0.6) is 23.0 Å². The van der Waals surface area contributed by atoms with Gasteiger partial charge in [-0.1, -0.05) is 0 Å². The monoisotopic (exact) mass is 410 g/mol. The average Bonchev–Trinajstić information content (AvgIpc) is 2.71. The molecule has 0 spiro atoms. The molecule has 2 heterocycles. The van der Waals surface area contributed by atoms with Gasteiger partial charge >= 0.3 is 5.63 Å². The van der Waals surface area contributed by atoms with Gasteiger partial charge in [-0.2, -0.15) is 0 Å². The number of ketones is 1. The SMILES string of the molecule is COc1ccc([C@@H]2CC(=O)c3c(C)cc4oc(=O)cc(C)c4c3O2)c(OC)c1OC. The number of hydrogen-bond donors (Lipinski definition) is 0. The molecule has 2 aromatic carbocycles. The summed E-state index contributed by atoms with van der Waals surface area (Å²) in [7, 11) is 4.59. The van der Waals surface area contributed by atoms with Crippen LogP contribution < -0.4 is 24.6 Å². The summed E-state index contributed by atoms with van der Waals surface area (Å²) in [6, 6.07) is 6.65. The fourth-order valence-corrected chi connectivity index (χ4v) is 4.07. The minimum absolute atomic E-state index is 0.0527. The number of methoxy groups -OCH3 is 3. The van der Waals surface area contributed by atoms with Gasteiger partial charge < -0.3 is 23.4 Å². The minimum Gasteiger partial charge on any atom is -0.493 e. The minimum atomic E-state index is -0.601. The van der Waals surface area contributed by atoms with Gasteiger partial charge in [-0.05, 0) is 43.2 Å². The number of benzene rings is 2. The quantitative estimate of drug-likeness (QED) is 0.598. The Kier molecular flexibility index (Phi) is 4.89. The molecule has 0 radical (unpaired) electrons. The topological polar surface area (TPSA) is 84.2 Å². The molecular formula is C23H22O7. The van der Waals surface area contributed by atoms with Crippen LogP contribution in [0.2, 0.25) is 0 Å². The summed E-state index contributed by atoms with van der Waals surface area (Å²) in [5.41, 5.74) is 2.51. The summed E-state index contributed by atoms with van der Waals surface area (Å²) in [4.78, 5) is 25.0. The van der Waals surface area contributed by atoms with Crippen molar-refractivity contribution in [1.82, 2.24) is 0 Å². The average molecular weight is 410 g/mol. The van der Waals surface area contributed by atoms with Crippen molar-refractivity contribution < 1.29 is 28.2 Å². The Labute approximate surface area is 173 Å². The van der Waals surface area contributed by atoms with Gasteiger partial charge in [0.15, 0.2) is 17.3 Å². The number of ether oxygens (including phenoxy) is 4. The molecule has 0 N–H and O–H groups in total. The van der Waals surface area contributed by atoms with Gasteiger partial charge in [0, 0.05) is 11.6 Å². The summed E-state index contributed by atoms with van der Waals surface area (Å²) in [5.74, 6) is 1.75. The third-order valence-corrected chi connectivity index (χ3v) is 5.37. The van der Waals surface area contributed by atoms with E-state index in [2.05, 4.69) is 0 Å². The number of hydrogen-bond acceptors (Lipinski definition) is 7. The van der Waals surface area contributed by atoms with Crippen molar-refractivity contribution in [3.05, 3.63) is 56.9 Å². The van der Waals surface area contributed by atoms with Crippen molar-refractivity contribution >= 4 is 16.8 Å². The van der Waals surface area contributed by atoms with Crippen molar-refractivity contribution in [2.45, 2.75) is 26.4 Å². The highest BCUT2D eigenvalue weighted by atomic mass is 16.5. The lowest BCUT2D eigenvalue weighted by Crippen LogP contribution is -2.22.